The van der Waals surface area contributed by atoms with Crippen molar-refractivity contribution in [2.24, 2.45) is 11.7 Å². The Balaban J connectivity index is 2.24. The molecule has 0 spiro atoms. The number of likely N-dealkylation sites (tertiary alicyclic amines) is 1. The topological polar surface area (TPSA) is 47.7 Å². The van der Waals surface area contributed by atoms with Crippen LogP contribution >= 0.6 is 0 Å². The number of hydrogen-bond donors (Lipinski definition) is 1. The van der Waals surface area contributed by atoms with E-state index in [0.29, 0.717) is 19.1 Å². The Morgan fingerprint density at radius 3 is 2.19 bits per heavy atom. The number of nitrogens with zero attached hydrogens (tertiary/aromatic N) is 1. The van der Waals surface area contributed by atoms with Gasteiger partial charge in [0.2, 0.25) is 0 Å². The van der Waals surface area contributed by atoms with Gasteiger partial charge in [0.25, 0.3) is 0 Å². The molecule has 0 radical (unpaired) electrons. The second-order valence-electron chi connectivity index (χ2n) is 4.32. The summed E-state index contributed by atoms with van der Waals surface area (Å²) in [6.45, 7) is 9.40. The van der Waals surface area contributed by atoms with E-state index in [4.69, 9.17) is 15.2 Å². The molecule has 0 bridgehead atoms. The van der Waals surface area contributed by atoms with Crippen LogP contribution in [0.4, 0.5) is 0 Å². The molecule has 0 atom stereocenters. The first-order valence-corrected chi connectivity index (χ1v) is 6.45. The third kappa shape index (κ3) is 4.78. The molecule has 1 aliphatic rings. The van der Waals surface area contributed by atoms with E-state index in [2.05, 4.69) is 4.90 Å². The van der Waals surface area contributed by atoms with Crippen molar-refractivity contribution in [2.45, 2.75) is 33.0 Å². The van der Waals surface area contributed by atoms with Crippen molar-refractivity contribution < 1.29 is 9.47 Å². The summed E-state index contributed by atoms with van der Waals surface area (Å²) in [5.74, 6) is 0.717. The summed E-state index contributed by atoms with van der Waals surface area (Å²) in [6, 6.07) is 0. The Labute approximate surface area is 99.1 Å². The highest BCUT2D eigenvalue weighted by molar-refractivity contribution is 4.73. The van der Waals surface area contributed by atoms with Gasteiger partial charge in [0, 0.05) is 19.8 Å². The molecule has 0 unspecified atom stereocenters. The van der Waals surface area contributed by atoms with Crippen molar-refractivity contribution in [2.75, 3.05) is 39.4 Å². The normalized spacial score (nSPS) is 19.5. The van der Waals surface area contributed by atoms with E-state index in [1.807, 2.05) is 13.8 Å². The fraction of sp³-hybridized carbons (Fsp3) is 1.00. The van der Waals surface area contributed by atoms with E-state index >= 15 is 0 Å². The monoisotopic (exact) mass is 230 g/mol. The minimum Gasteiger partial charge on any atom is -0.352 e. The summed E-state index contributed by atoms with van der Waals surface area (Å²) in [7, 11) is 0. The molecule has 4 nitrogen and oxygen atoms in total. The van der Waals surface area contributed by atoms with Gasteiger partial charge in [0.05, 0.1) is 0 Å². The van der Waals surface area contributed by atoms with Gasteiger partial charge in [-0.3, -0.25) is 4.90 Å². The highest BCUT2D eigenvalue weighted by atomic mass is 16.7. The van der Waals surface area contributed by atoms with Crippen LogP contribution in [0.15, 0.2) is 0 Å². The van der Waals surface area contributed by atoms with E-state index < -0.39 is 0 Å². The Morgan fingerprint density at radius 2 is 1.75 bits per heavy atom. The molecule has 0 aromatic rings. The predicted molar refractivity (Wildman–Crippen MR) is 65.3 cm³/mol. The molecule has 1 saturated heterocycles. The first-order valence-electron chi connectivity index (χ1n) is 6.45. The molecule has 1 heterocycles. The lowest BCUT2D eigenvalue weighted by Gasteiger charge is -2.33. The molecule has 4 heteroatoms. The highest BCUT2D eigenvalue weighted by Gasteiger charge is 2.21. The summed E-state index contributed by atoms with van der Waals surface area (Å²) >= 11 is 0. The average Bonchev–Trinajstić information content (AvgIpc) is 2.31. The van der Waals surface area contributed by atoms with Gasteiger partial charge in [-0.05, 0) is 52.2 Å². The molecule has 1 fully saturated rings. The quantitative estimate of drug-likeness (QED) is 0.664. The highest BCUT2D eigenvalue weighted by Crippen LogP contribution is 2.16. The summed E-state index contributed by atoms with van der Waals surface area (Å²) in [6.07, 6.45) is 2.35. The molecule has 0 saturated carbocycles. The molecule has 16 heavy (non-hydrogen) atoms. The lowest BCUT2D eigenvalue weighted by Crippen LogP contribution is -2.41. The van der Waals surface area contributed by atoms with E-state index in [1.54, 1.807) is 0 Å². The smallest absolute Gasteiger partial charge is 0.170 e. The first-order chi connectivity index (χ1) is 7.80. The van der Waals surface area contributed by atoms with Crippen LogP contribution in [0, 0.1) is 5.92 Å². The maximum absolute atomic E-state index is 5.68. The van der Waals surface area contributed by atoms with Gasteiger partial charge in [-0.2, -0.15) is 0 Å². The molecule has 0 amide bonds. The van der Waals surface area contributed by atoms with Crippen molar-refractivity contribution in [3.05, 3.63) is 0 Å². The lowest BCUT2D eigenvalue weighted by molar-refractivity contribution is -0.148. The second kappa shape index (κ2) is 8.01. The number of piperidine rings is 1. The van der Waals surface area contributed by atoms with Crippen molar-refractivity contribution in [3.8, 4) is 0 Å². The van der Waals surface area contributed by atoms with Crippen LogP contribution in [0.2, 0.25) is 0 Å². The van der Waals surface area contributed by atoms with Gasteiger partial charge in [-0.1, -0.05) is 0 Å². The van der Waals surface area contributed by atoms with Crippen LogP contribution in [-0.2, 0) is 9.47 Å². The molecule has 1 aliphatic heterocycles. The van der Waals surface area contributed by atoms with E-state index in [9.17, 15) is 0 Å². The van der Waals surface area contributed by atoms with Crippen molar-refractivity contribution in [1.82, 2.24) is 4.90 Å². The van der Waals surface area contributed by atoms with Crippen LogP contribution in [-0.4, -0.2) is 50.6 Å². The second-order valence-corrected chi connectivity index (χ2v) is 4.32. The third-order valence-corrected chi connectivity index (χ3v) is 3.15. The standard InChI is InChI=1S/C12H26N2O2/c1-3-15-12(16-4-2)10-14-7-5-11(9-13)6-8-14/h11-12H,3-10,13H2,1-2H3. The largest absolute Gasteiger partial charge is 0.352 e. The predicted octanol–water partition coefficient (Wildman–Crippen LogP) is 1.06. The minimum absolute atomic E-state index is 0.0653. The van der Waals surface area contributed by atoms with Crippen LogP contribution in [0.3, 0.4) is 0 Å². The van der Waals surface area contributed by atoms with Gasteiger partial charge in [0.15, 0.2) is 6.29 Å². The Hall–Kier alpha value is -0.160. The Kier molecular flexibility index (Phi) is 6.96. The van der Waals surface area contributed by atoms with E-state index in [1.165, 1.54) is 12.8 Å². The molecular formula is C12H26N2O2. The summed E-state index contributed by atoms with van der Waals surface area (Å²) < 4.78 is 11.1. The van der Waals surface area contributed by atoms with Crippen molar-refractivity contribution in [1.29, 1.82) is 0 Å². The summed E-state index contributed by atoms with van der Waals surface area (Å²) in [4.78, 5) is 2.42. The summed E-state index contributed by atoms with van der Waals surface area (Å²) in [5.41, 5.74) is 5.68. The fourth-order valence-electron chi connectivity index (χ4n) is 2.14. The number of nitrogens with two attached hydrogens (primary N) is 1. The van der Waals surface area contributed by atoms with Gasteiger partial charge in [0.1, 0.15) is 0 Å². The average molecular weight is 230 g/mol. The Morgan fingerprint density at radius 1 is 1.19 bits per heavy atom. The van der Waals surface area contributed by atoms with E-state index in [0.717, 1.165) is 26.2 Å². The van der Waals surface area contributed by atoms with Crippen LogP contribution in [0.5, 0.6) is 0 Å². The van der Waals surface area contributed by atoms with Crippen LogP contribution < -0.4 is 5.73 Å². The molecule has 0 aromatic heterocycles. The number of hydrogen-bond acceptors (Lipinski definition) is 4. The summed E-state index contributed by atoms with van der Waals surface area (Å²) in [5, 5.41) is 0. The van der Waals surface area contributed by atoms with Crippen LogP contribution in [0.25, 0.3) is 0 Å². The zero-order valence-electron chi connectivity index (χ0n) is 10.7. The van der Waals surface area contributed by atoms with Gasteiger partial charge < -0.3 is 15.2 Å². The molecule has 1 rings (SSSR count). The van der Waals surface area contributed by atoms with Gasteiger partial charge in [-0.25, -0.2) is 0 Å². The van der Waals surface area contributed by atoms with Gasteiger partial charge in [-0.15, -0.1) is 0 Å². The van der Waals surface area contributed by atoms with Gasteiger partial charge >= 0.3 is 0 Å². The minimum atomic E-state index is -0.0653. The molecule has 96 valence electrons. The zero-order chi connectivity index (χ0) is 11.8. The maximum Gasteiger partial charge on any atom is 0.170 e. The number of rotatable bonds is 7. The lowest BCUT2D eigenvalue weighted by atomic mass is 9.97. The maximum atomic E-state index is 5.68. The van der Waals surface area contributed by atoms with Crippen molar-refractivity contribution >= 4 is 0 Å². The first kappa shape index (κ1) is 13.9. The molecular weight excluding hydrogens is 204 g/mol. The van der Waals surface area contributed by atoms with E-state index in [-0.39, 0.29) is 6.29 Å². The third-order valence-electron chi connectivity index (χ3n) is 3.15. The zero-order valence-corrected chi connectivity index (χ0v) is 10.7. The molecule has 0 aromatic carbocycles. The fourth-order valence-corrected chi connectivity index (χ4v) is 2.14. The SMILES string of the molecule is CCOC(CN1CCC(CN)CC1)OCC. The molecule has 2 N–H and O–H groups in total. The number of ether oxygens (including phenoxy) is 2. The molecule has 0 aliphatic carbocycles. The van der Waals surface area contributed by atoms with Crippen molar-refractivity contribution in [3.63, 3.8) is 0 Å². The van der Waals surface area contributed by atoms with Crippen LogP contribution in [0.1, 0.15) is 26.7 Å². The Bertz CT molecular complexity index is 164.